The van der Waals surface area contributed by atoms with E-state index < -0.39 is 11.9 Å². The van der Waals surface area contributed by atoms with Crippen molar-refractivity contribution in [3.8, 4) is 6.07 Å². The minimum Gasteiger partial charge on any atom is -0.465 e. The third kappa shape index (κ3) is 4.92. The number of nitriles is 1. The van der Waals surface area contributed by atoms with E-state index in [1.165, 1.54) is 24.5 Å². The summed E-state index contributed by atoms with van der Waals surface area (Å²) in [5.74, 6) is -1.19. The summed E-state index contributed by atoms with van der Waals surface area (Å²) < 4.78 is 6.54. The highest BCUT2D eigenvalue weighted by atomic mass is 35.5. The van der Waals surface area contributed by atoms with Crippen LogP contribution in [-0.4, -0.2) is 23.6 Å². The average molecular weight is 460 g/mol. The second-order valence-electron chi connectivity index (χ2n) is 6.08. The van der Waals surface area contributed by atoms with Crippen LogP contribution in [0.15, 0.2) is 53.5 Å². The third-order valence-electron chi connectivity index (χ3n) is 4.18. The molecule has 152 valence electrons. The SMILES string of the molecule is COC(=O)c1ccsc1NC(=O)C(C#N)=Cc1cccn1Cc1ccc(Cl)cc1Cl. The second kappa shape index (κ2) is 9.63. The fourth-order valence-electron chi connectivity index (χ4n) is 2.68. The van der Waals surface area contributed by atoms with Crippen molar-refractivity contribution in [1.29, 1.82) is 5.26 Å². The number of aromatic nitrogens is 1. The maximum Gasteiger partial charge on any atom is 0.340 e. The first-order valence-corrected chi connectivity index (χ1v) is 10.2. The summed E-state index contributed by atoms with van der Waals surface area (Å²) in [5.41, 5.74) is 1.61. The number of ether oxygens (including phenoxy) is 1. The molecule has 0 aliphatic heterocycles. The molecule has 9 heteroatoms. The molecule has 0 aliphatic carbocycles. The Bertz CT molecular complexity index is 1170. The van der Waals surface area contributed by atoms with Crippen molar-refractivity contribution >= 4 is 57.5 Å². The minimum atomic E-state index is -0.623. The summed E-state index contributed by atoms with van der Waals surface area (Å²) in [5, 5.41) is 15.1. The number of thiophene rings is 1. The van der Waals surface area contributed by atoms with Crippen LogP contribution in [0, 0.1) is 11.3 Å². The zero-order valence-corrected chi connectivity index (χ0v) is 18.0. The van der Waals surface area contributed by atoms with Gasteiger partial charge < -0.3 is 14.6 Å². The number of rotatable bonds is 6. The van der Waals surface area contributed by atoms with Crippen molar-refractivity contribution in [3.63, 3.8) is 0 Å². The molecular weight excluding hydrogens is 445 g/mol. The number of esters is 1. The second-order valence-corrected chi connectivity index (χ2v) is 7.84. The molecule has 3 aromatic rings. The van der Waals surface area contributed by atoms with E-state index in [0.29, 0.717) is 27.3 Å². The number of benzene rings is 1. The highest BCUT2D eigenvalue weighted by molar-refractivity contribution is 7.14. The smallest absolute Gasteiger partial charge is 0.340 e. The average Bonchev–Trinajstić information content (AvgIpc) is 3.36. The van der Waals surface area contributed by atoms with Crippen LogP contribution in [0.5, 0.6) is 0 Å². The first-order chi connectivity index (χ1) is 14.4. The van der Waals surface area contributed by atoms with E-state index in [9.17, 15) is 14.9 Å². The van der Waals surface area contributed by atoms with E-state index in [1.807, 2.05) is 22.9 Å². The molecule has 0 atom stereocenters. The third-order valence-corrected chi connectivity index (χ3v) is 5.59. The molecule has 2 heterocycles. The molecule has 0 spiro atoms. The van der Waals surface area contributed by atoms with Crippen LogP contribution in [0.2, 0.25) is 10.0 Å². The van der Waals surface area contributed by atoms with Gasteiger partial charge in [-0.3, -0.25) is 4.79 Å². The van der Waals surface area contributed by atoms with Gasteiger partial charge in [0, 0.05) is 28.5 Å². The van der Waals surface area contributed by atoms with Gasteiger partial charge in [-0.25, -0.2) is 4.79 Å². The van der Waals surface area contributed by atoms with Gasteiger partial charge in [-0.1, -0.05) is 29.3 Å². The lowest BCUT2D eigenvalue weighted by molar-refractivity contribution is -0.112. The van der Waals surface area contributed by atoms with Crippen LogP contribution in [0.4, 0.5) is 5.00 Å². The van der Waals surface area contributed by atoms with Crippen molar-refractivity contribution in [2.75, 3.05) is 12.4 Å². The Hall–Kier alpha value is -3.05. The van der Waals surface area contributed by atoms with Crippen molar-refractivity contribution < 1.29 is 14.3 Å². The molecular formula is C21H15Cl2N3O3S. The van der Waals surface area contributed by atoms with Crippen molar-refractivity contribution in [1.82, 2.24) is 4.57 Å². The molecule has 0 saturated heterocycles. The quantitative estimate of drug-likeness (QED) is 0.310. The summed E-state index contributed by atoms with van der Waals surface area (Å²) in [6.45, 7) is 0.437. The van der Waals surface area contributed by atoms with Gasteiger partial charge in [-0.2, -0.15) is 5.26 Å². The van der Waals surface area contributed by atoms with Crippen molar-refractivity contribution in [3.05, 3.63) is 80.4 Å². The molecule has 2 aromatic heterocycles. The van der Waals surface area contributed by atoms with Gasteiger partial charge in [0.1, 0.15) is 16.6 Å². The van der Waals surface area contributed by atoms with Crippen LogP contribution >= 0.6 is 34.5 Å². The molecule has 0 saturated carbocycles. The first-order valence-electron chi connectivity index (χ1n) is 8.61. The van der Waals surface area contributed by atoms with Gasteiger partial charge in [-0.05, 0) is 47.4 Å². The Morgan fingerprint density at radius 3 is 2.80 bits per heavy atom. The number of methoxy groups -OCH3 is 1. The van der Waals surface area contributed by atoms with E-state index in [0.717, 1.165) is 5.56 Å². The minimum absolute atomic E-state index is 0.110. The summed E-state index contributed by atoms with van der Waals surface area (Å²) in [6.07, 6.45) is 3.29. The standard InChI is InChI=1S/C21H15Cl2N3O3S/c1-29-21(28)17-6-8-30-20(17)25-19(27)14(11-24)9-16-3-2-7-26(16)12-13-4-5-15(22)10-18(13)23/h2-10H,12H2,1H3,(H,25,27). The number of anilines is 1. The van der Waals surface area contributed by atoms with Crippen LogP contribution < -0.4 is 5.32 Å². The number of nitrogens with one attached hydrogen (secondary N) is 1. The molecule has 0 aliphatic rings. The Morgan fingerprint density at radius 2 is 2.10 bits per heavy atom. The molecule has 0 fully saturated rings. The van der Waals surface area contributed by atoms with Gasteiger partial charge in [0.15, 0.2) is 0 Å². The van der Waals surface area contributed by atoms with E-state index in [4.69, 9.17) is 27.9 Å². The fourth-order valence-corrected chi connectivity index (χ4v) is 3.92. The van der Waals surface area contributed by atoms with Gasteiger partial charge in [0.05, 0.1) is 12.7 Å². The molecule has 0 radical (unpaired) electrons. The van der Waals surface area contributed by atoms with E-state index >= 15 is 0 Å². The van der Waals surface area contributed by atoms with Crippen LogP contribution in [-0.2, 0) is 16.1 Å². The predicted molar refractivity (Wildman–Crippen MR) is 118 cm³/mol. The topological polar surface area (TPSA) is 84.1 Å². The van der Waals surface area contributed by atoms with Crippen LogP contribution in [0.25, 0.3) is 6.08 Å². The Kier molecular flexibility index (Phi) is 6.95. The summed E-state index contributed by atoms with van der Waals surface area (Å²) in [4.78, 5) is 24.4. The first kappa shape index (κ1) is 21.7. The number of amides is 1. The van der Waals surface area contributed by atoms with Gasteiger partial charge in [0.2, 0.25) is 0 Å². The lowest BCUT2D eigenvalue weighted by Gasteiger charge is -2.10. The molecule has 1 amide bonds. The van der Waals surface area contributed by atoms with E-state index in [-0.39, 0.29) is 11.1 Å². The molecule has 0 unspecified atom stereocenters. The Morgan fingerprint density at radius 1 is 1.30 bits per heavy atom. The van der Waals surface area contributed by atoms with Gasteiger partial charge in [0.25, 0.3) is 5.91 Å². The highest BCUT2D eigenvalue weighted by Gasteiger charge is 2.18. The van der Waals surface area contributed by atoms with E-state index in [2.05, 4.69) is 5.32 Å². The number of nitrogens with zero attached hydrogens (tertiary/aromatic N) is 2. The predicted octanol–water partition coefficient (Wildman–Crippen LogP) is 5.24. The Balaban J connectivity index is 1.83. The summed E-state index contributed by atoms with van der Waals surface area (Å²) in [7, 11) is 1.26. The van der Waals surface area contributed by atoms with E-state index in [1.54, 1.807) is 35.7 Å². The summed E-state index contributed by atoms with van der Waals surface area (Å²) >= 11 is 13.4. The molecule has 3 rings (SSSR count). The highest BCUT2D eigenvalue weighted by Crippen LogP contribution is 2.25. The van der Waals surface area contributed by atoms with Crippen molar-refractivity contribution in [2.45, 2.75) is 6.54 Å². The maximum absolute atomic E-state index is 12.6. The maximum atomic E-state index is 12.6. The molecule has 30 heavy (non-hydrogen) atoms. The van der Waals surface area contributed by atoms with Crippen molar-refractivity contribution in [2.24, 2.45) is 0 Å². The zero-order chi connectivity index (χ0) is 21.7. The lowest BCUT2D eigenvalue weighted by Crippen LogP contribution is -2.15. The van der Waals surface area contributed by atoms with Crippen LogP contribution in [0.1, 0.15) is 21.6 Å². The molecule has 1 aromatic carbocycles. The monoisotopic (exact) mass is 459 g/mol. The molecule has 0 bridgehead atoms. The number of hydrogen-bond acceptors (Lipinski definition) is 5. The number of hydrogen-bond donors (Lipinski definition) is 1. The lowest BCUT2D eigenvalue weighted by atomic mass is 10.2. The molecule has 1 N–H and O–H groups in total. The van der Waals surface area contributed by atoms with Gasteiger partial charge >= 0.3 is 5.97 Å². The Labute approximate surface area is 186 Å². The van der Waals surface area contributed by atoms with Crippen LogP contribution in [0.3, 0.4) is 0 Å². The zero-order valence-electron chi connectivity index (χ0n) is 15.7. The number of carbonyl (C=O) groups is 2. The fraction of sp³-hybridized carbons (Fsp3) is 0.0952. The van der Waals surface area contributed by atoms with Gasteiger partial charge in [-0.15, -0.1) is 11.3 Å². The molecule has 6 nitrogen and oxygen atoms in total. The normalized spacial score (nSPS) is 11.1. The number of halogens is 2. The number of carbonyl (C=O) groups excluding carboxylic acids is 2. The largest absolute Gasteiger partial charge is 0.465 e. The summed E-state index contributed by atoms with van der Waals surface area (Å²) in [6, 6.07) is 12.3.